The monoisotopic (exact) mass is 273 g/mol. The molecule has 5 N–H and O–H groups in total. The number of carbonyl (C=O) groups is 1. The average molecular weight is 274 g/mol. The quantitative estimate of drug-likeness (QED) is 0.716. The lowest BCUT2D eigenvalue weighted by Crippen LogP contribution is -2.28. The van der Waals surface area contributed by atoms with E-state index in [2.05, 4.69) is 0 Å². The summed E-state index contributed by atoms with van der Waals surface area (Å²) in [6.07, 6.45) is 0. The summed E-state index contributed by atoms with van der Waals surface area (Å²) in [6.45, 7) is 0. The molecule has 9 heteroatoms. The first-order chi connectivity index (χ1) is 6.29. The first-order valence-corrected chi connectivity index (χ1v) is 6.66. The van der Waals surface area contributed by atoms with Crippen LogP contribution in [0.1, 0.15) is 10.4 Å². The highest BCUT2D eigenvalue weighted by Gasteiger charge is 2.19. The predicted octanol–water partition coefficient (Wildman–Crippen LogP) is 1.81. The van der Waals surface area contributed by atoms with Crippen LogP contribution in [0.5, 0.6) is 0 Å². The van der Waals surface area contributed by atoms with E-state index < -0.39 is 13.5 Å². The molecule has 0 saturated heterocycles. The molecule has 0 radical (unpaired) electrons. The summed E-state index contributed by atoms with van der Waals surface area (Å²) in [7, 11) is -3.59. The minimum absolute atomic E-state index is 0.109. The molecule has 1 aromatic heterocycles. The number of halogens is 2. The largest absolute Gasteiger partial charge is 0.300 e. The SMILES string of the molecule is NP(N)(=O)NC(=O)c1cc(Cl)sc1Cl. The molecule has 0 bridgehead atoms. The Labute approximate surface area is 93.9 Å². The summed E-state index contributed by atoms with van der Waals surface area (Å²) >= 11 is 12.3. The lowest BCUT2D eigenvalue weighted by atomic mass is 10.3. The van der Waals surface area contributed by atoms with E-state index in [0.29, 0.717) is 4.34 Å². The van der Waals surface area contributed by atoms with Crippen LogP contribution >= 0.6 is 42.1 Å². The van der Waals surface area contributed by atoms with Crippen molar-refractivity contribution in [3.8, 4) is 0 Å². The molecular weight excluding hydrogens is 268 g/mol. The summed E-state index contributed by atoms with van der Waals surface area (Å²) < 4.78 is 11.4. The first-order valence-electron chi connectivity index (χ1n) is 3.24. The van der Waals surface area contributed by atoms with Gasteiger partial charge in [0.25, 0.3) is 5.91 Å². The molecule has 1 amide bonds. The van der Waals surface area contributed by atoms with Crippen molar-refractivity contribution in [2.45, 2.75) is 0 Å². The van der Waals surface area contributed by atoms with Crippen LogP contribution in [0.2, 0.25) is 8.67 Å². The number of thiophene rings is 1. The van der Waals surface area contributed by atoms with Crippen molar-refractivity contribution in [3.05, 3.63) is 20.3 Å². The number of amides is 1. The van der Waals surface area contributed by atoms with Crippen molar-refractivity contribution in [2.75, 3.05) is 0 Å². The Kier molecular flexibility index (Phi) is 3.58. The van der Waals surface area contributed by atoms with Gasteiger partial charge in [0, 0.05) is 0 Å². The molecule has 0 unspecified atom stereocenters. The van der Waals surface area contributed by atoms with Gasteiger partial charge in [-0.15, -0.1) is 11.3 Å². The van der Waals surface area contributed by atoms with Gasteiger partial charge in [-0.25, -0.2) is 0 Å². The topological polar surface area (TPSA) is 98.2 Å². The van der Waals surface area contributed by atoms with Crippen LogP contribution in [0, 0.1) is 0 Å². The molecule has 0 aromatic carbocycles. The minimum Gasteiger partial charge on any atom is -0.279 e. The smallest absolute Gasteiger partial charge is 0.279 e. The lowest BCUT2D eigenvalue weighted by molar-refractivity contribution is 0.0981. The summed E-state index contributed by atoms with van der Waals surface area (Å²) in [5.74, 6) is -0.702. The van der Waals surface area contributed by atoms with Crippen LogP contribution in [0.25, 0.3) is 0 Å². The highest BCUT2D eigenvalue weighted by atomic mass is 35.5. The van der Waals surface area contributed by atoms with Crippen LogP contribution in [0.4, 0.5) is 0 Å². The second-order valence-electron chi connectivity index (χ2n) is 2.39. The molecule has 0 fully saturated rings. The Morgan fingerprint density at radius 3 is 2.43 bits per heavy atom. The fourth-order valence-corrected chi connectivity index (χ4v) is 2.61. The van der Waals surface area contributed by atoms with Crippen LogP contribution in [-0.2, 0) is 4.57 Å². The van der Waals surface area contributed by atoms with E-state index in [-0.39, 0.29) is 9.90 Å². The van der Waals surface area contributed by atoms with Crippen molar-refractivity contribution in [1.82, 2.24) is 5.09 Å². The van der Waals surface area contributed by atoms with Crippen LogP contribution in [-0.4, -0.2) is 5.91 Å². The van der Waals surface area contributed by atoms with Crippen molar-refractivity contribution < 1.29 is 9.36 Å². The third kappa shape index (κ3) is 3.24. The van der Waals surface area contributed by atoms with Gasteiger partial charge in [0.2, 0.25) is 0 Å². The number of nitrogens with two attached hydrogens (primary N) is 2. The second kappa shape index (κ2) is 4.18. The fraction of sp³-hybridized carbons (Fsp3) is 0. The van der Waals surface area contributed by atoms with E-state index in [0.717, 1.165) is 11.3 Å². The average Bonchev–Trinajstić information content (AvgIpc) is 2.26. The Morgan fingerprint density at radius 1 is 1.50 bits per heavy atom. The van der Waals surface area contributed by atoms with Gasteiger partial charge >= 0.3 is 7.59 Å². The number of hydrogen-bond acceptors (Lipinski definition) is 3. The summed E-state index contributed by atoms with van der Waals surface area (Å²) in [5.41, 5.74) is 10.0. The molecule has 14 heavy (non-hydrogen) atoms. The fourth-order valence-electron chi connectivity index (χ4n) is 0.714. The van der Waals surface area contributed by atoms with Gasteiger partial charge in [-0.1, -0.05) is 23.2 Å². The zero-order chi connectivity index (χ0) is 10.9. The van der Waals surface area contributed by atoms with Crippen molar-refractivity contribution in [1.29, 1.82) is 0 Å². The molecule has 0 aliphatic heterocycles. The Balaban J connectivity index is 2.90. The summed E-state index contributed by atoms with van der Waals surface area (Å²) in [6, 6.07) is 1.35. The van der Waals surface area contributed by atoms with E-state index >= 15 is 0 Å². The molecule has 1 heterocycles. The molecule has 5 nitrogen and oxygen atoms in total. The maximum Gasteiger partial charge on any atom is 0.300 e. The van der Waals surface area contributed by atoms with Gasteiger partial charge in [0.05, 0.1) is 9.90 Å². The molecule has 0 aliphatic rings. The molecule has 0 saturated carbocycles. The standard InChI is InChI=1S/C5H6Cl2N3O2PS/c6-3-1-2(4(7)14-3)5(11)10-13(8,9)12/h1H,(H5,8,9,10,11,12). The Bertz CT molecular complexity index is 415. The van der Waals surface area contributed by atoms with Crippen molar-refractivity contribution in [2.24, 2.45) is 11.0 Å². The minimum atomic E-state index is -3.59. The molecule has 78 valence electrons. The number of carbonyl (C=O) groups excluding carboxylic acids is 1. The van der Waals surface area contributed by atoms with E-state index in [1.54, 1.807) is 0 Å². The summed E-state index contributed by atoms with van der Waals surface area (Å²) in [5, 5.41) is 1.93. The van der Waals surface area contributed by atoms with Crippen molar-refractivity contribution in [3.63, 3.8) is 0 Å². The number of hydrogen-bond donors (Lipinski definition) is 3. The first kappa shape index (κ1) is 12.0. The zero-order valence-corrected chi connectivity index (χ0v) is 9.88. The lowest BCUT2D eigenvalue weighted by Gasteiger charge is -2.07. The zero-order valence-electron chi connectivity index (χ0n) is 6.66. The molecule has 0 aliphatic carbocycles. The van der Waals surface area contributed by atoms with Crippen LogP contribution in [0.3, 0.4) is 0 Å². The normalized spacial score (nSPS) is 11.4. The van der Waals surface area contributed by atoms with Crippen LogP contribution < -0.4 is 16.1 Å². The predicted molar refractivity (Wildman–Crippen MR) is 57.8 cm³/mol. The second-order valence-corrected chi connectivity index (χ2v) is 6.32. The van der Waals surface area contributed by atoms with Gasteiger partial charge in [-0.2, -0.15) is 0 Å². The third-order valence-electron chi connectivity index (χ3n) is 1.18. The molecule has 0 atom stereocenters. The molecule has 1 rings (SSSR count). The van der Waals surface area contributed by atoms with Gasteiger partial charge in [-0.3, -0.25) is 25.5 Å². The van der Waals surface area contributed by atoms with Gasteiger partial charge in [0.1, 0.15) is 4.34 Å². The maximum absolute atomic E-state index is 11.3. The highest BCUT2D eigenvalue weighted by molar-refractivity contribution is 7.57. The van der Waals surface area contributed by atoms with E-state index in [4.69, 9.17) is 34.2 Å². The summed E-state index contributed by atoms with van der Waals surface area (Å²) in [4.78, 5) is 11.3. The number of nitrogens with one attached hydrogen (secondary N) is 1. The molecular formula is C5H6Cl2N3O2PS. The number of rotatable bonds is 2. The van der Waals surface area contributed by atoms with Crippen molar-refractivity contribution >= 4 is 48.0 Å². The van der Waals surface area contributed by atoms with E-state index in [9.17, 15) is 9.36 Å². The van der Waals surface area contributed by atoms with Crippen LogP contribution in [0.15, 0.2) is 6.07 Å². The van der Waals surface area contributed by atoms with Gasteiger partial charge < -0.3 is 0 Å². The highest BCUT2D eigenvalue weighted by Crippen LogP contribution is 2.32. The molecule has 1 aromatic rings. The maximum atomic E-state index is 11.3. The van der Waals surface area contributed by atoms with E-state index in [1.807, 2.05) is 5.09 Å². The third-order valence-corrected chi connectivity index (χ3v) is 3.22. The van der Waals surface area contributed by atoms with Gasteiger partial charge in [0.15, 0.2) is 0 Å². The molecule has 0 spiro atoms. The Morgan fingerprint density at radius 2 is 2.07 bits per heavy atom. The van der Waals surface area contributed by atoms with Gasteiger partial charge in [-0.05, 0) is 6.07 Å². The van der Waals surface area contributed by atoms with E-state index in [1.165, 1.54) is 6.07 Å². The Hall–Kier alpha value is -0.100.